The third-order valence-corrected chi connectivity index (χ3v) is 2.91. The third-order valence-electron chi connectivity index (χ3n) is 2.91. The SMILES string of the molecule is CC(C)NCCOC(=O)Nc1cccc2ccccc12. The van der Waals surface area contributed by atoms with Gasteiger partial charge < -0.3 is 10.1 Å². The maximum absolute atomic E-state index is 11.7. The number of carbonyl (C=O) groups excluding carboxylic acids is 1. The van der Waals surface area contributed by atoms with Gasteiger partial charge in [0.2, 0.25) is 0 Å². The highest BCUT2D eigenvalue weighted by molar-refractivity contribution is 6.00. The molecule has 0 saturated heterocycles. The fraction of sp³-hybridized carbons (Fsp3) is 0.312. The minimum absolute atomic E-state index is 0.356. The largest absolute Gasteiger partial charge is 0.448 e. The fourth-order valence-electron chi connectivity index (χ4n) is 1.97. The zero-order valence-electron chi connectivity index (χ0n) is 11.8. The second-order valence-corrected chi connectivity index (χ2v) is 4.90. The standard InChI is InChI=1S/C16H20N2O2/c1-12(2)17-10-11-20-16(19)18-15-9-5-7-13-6-3-4-8-14(13)15/h3-9,12,17H,10-11H2,1-2H3,(H,18,19). The molecule has 0 aliphatic rings. The van der Waals surface area contributed by atoms with E-state index >= 15 is 0 Å². The summed E-state index contributed by atoms with van der Waals surface area (Å²) in [6.07, 6.45) is -0.424. The average molecular weight is 272 g/mol. The van der Waals surface area contributed by atoms with Crippen molar-refractivity contribution in [1.29, 1.82) is 0 Å². The first kappa shape index (κ1) is 14.3. The van der Waals surface area contributed by atoms with E-state index in [9.17, 15) is 4.79 Å². The van der Waals surface area contributed by atoms with Crippen molar-refractivity contribution < 1.29 is 9.53 Å². The highest BCUT2D eigenvalue weighted by Crippen LogP contribution is 2.22. The fourth-order valence-corrected chi connectivity index (χ4v) is 1.97. The van der Waals surface area contributed by atoms with E-state index < -0.39 is 6.09 Å². The minimum Gasteiger partial charge on any atom is -0.448 e. The molecule has 0 heterocycles. The number of fused-ring (bicyclic) bond motifs is 1. The van der Waals surface area contributed by atoms with E-state index in [0.29, 0.717) is 19.2 Å². The van der Waals surface area contributed by atoms with Crippen molar-refractivity contribution in [2.75, 3.05) is 18.5 Å². The number of anilines is 1. The predicted molar refractivity (Wildman–Crippen MR) is 82.1 cm³/mol. The first-order chi connectivity index (χ1) is 9.66. The van der Waals surface area contributed by atoms with Crippen LogP contribution < -0.4 is 10.6 Å². The van der Waals surface area contributed by atoms with Crippen LogP contribution in [0, 0.1) is 0 Å². The monoisotopic (exact) mass is 272 g/mol. The Kier molecular flexibility index (Phi) is 4.96. The second kappa shape index (κ2) is 6.91. The highest BCUT2D eigenvalue weighted by Gasteiger charge is 2.06. The number of hydrogen-bond acceptors (Lipinski definition) is 3. The number of nitrogens with one attached hydrogen (secondary N) is 2. The first-order valence-electron chi connectivity index (χ1n) is 6.82. The molecule has 4 nitrogen and oxygen atoms in total. The Morgan fingerprint density at radius 3 is 2.70 bits per heavy atom. The van der Waals surface area contributed by atoms with Crippen LogP contribution in [0.25, 0.3) is 10.8 Å². The van der Waals surface area contributed by atoms with Crippen LogP contribution in [0.2, 0.25) is 0 Å². The quantitative estimate of drug-likeness (QED) is 0.820. The topological polar surface area (TPSA) is 50.4 Å². The molecule has 1 amide bonds. The molecule has 0 saturated carbocycles. The minimum atomic E-state index is -0.424. The molecule has 0 fully saturated rings. The van der Waals surface area contributed by atoms with Gasteiger partial charge in [-0.1, -0.05) is 50.2 Å². The van der Waals surface area contributed by atoms with Crippen LogP contribution in [0.5, 0.6) is 0 Å². The summed E-state index contributed by atoms with van der Waals surface area (Å²) in [5.74, 6) is 0. The van der Waals surface area contributed by atoms with E-state index in [2.05, 4.69) is 24.5 Å². The van der Waals surface area contributed by atoms with Crippen molar-refractivity contribution in [1.82, 2.24) is 5.32 Å². The molecule has 0 atom stereocenters. The maximum atomic E-state index is 11.7. The number of carbonyl (C=O) groups is 1. The van der Waals surface area contributed by atoms with E-state index in [1.165, 1.54) is 0 Å². The molecule has 0 bridgehead atoms. The van der Waals surface area contributed by atoms with Crippen molar-refractivity contribution in [3.63, 3.8) is 0 Å². The van der Waals surface area contributed by atoms with Gasteiger partial charge in [0.1, 0.15) is 6.61 Å². The van der Waals surface area contributed by atoms with Gasteiger partial charge in [-0.15, -0.1) is 0 Å². The first-order valence-corrected chi connectivity index (χ1v) is 6.82. The Bertz CT molecular complexity index is 576. The van der Waals surface area contributed by atoms with Gasteiger partial charge in [0.25, 0.3) is 0 Å². The van der Waals surface area contributed by atoms with Crippen molar-refractivity contribution >= 4 is 22.6 Å². The van der Waals surface area contributed by atoms with Crippen molar-refractivity contribution in [3.8, 4) is 0 Å². The third kappa shape index (κ3) is 3.96. The summed E-state index contributed by atoms with van der Waals surface area (Å²) < 4.78 is 5.13. The second-order valence-electron chi connectivity index (χ2n) is 4.90. The van der Waals surface area contributed by atoms with E-state index in [1.807, 2.05) is 42.5 Å². The van der Waals surface area contributed by atoms with Crippen LogP contribution in [0.4, 0.5) is 10.5 Å². The molecule has 4 heteroatoms. The van der Waals surface area contributed by atoms with Crippen LogP contribution in [-0.4, -0.2) is 25.3 Å². The summed E-state index contributed by atoms with van der Waals surface area (Å²) >= 11 is 0. The average Bonchev–Trinajstić information content (AvgIpc) is 2.44. The maximum Gasteiger partial charge on any atom is 0.411 e. The van der Waals surface area contributed by atoms with E-state index in [1.54, 1.807) is 0 Å². The molecule has 0 radical (unpaired) electrons. The van der Waals surface area contributed by atoms with Crippen LogP contribution >= 0.6 is 0 Å². The summed E-state index contributed by atoms with van der Waals surface area (Å²) in [5, 5.41) is 8.07. The molecule has 0 spiro atoms. The lowest BCUT2D eigenvalue weighted by atomic mass is 10.1. The molecule has 2 aromatic carbocycles. The van der Waals surface area contributed by atoms with Crippen LogP contribution in [0.3, 0.4) is 0 Å². The van der Waals surface area contributed by atoms with Crippen molar-refractivity contribution in [2.24, 2.45) is 0 Å². The van der Waals surface area contributed by atoms with E-state index in [0.717, 1.165) is 16.5 Å². The highest BCUT2D eigenvalue weighted by atomic mass is 16.5. The Labute approximate surface area is 119 Å². The Morgan fingerprint density at radius 2 is 1.90 bits per heavy atom. The Morgan fingerprint density at radius 1 is 1.15 bits per heavy atom. The van der Waals surface area contributed by atoms with Crippen LogP contribution in [0.1, 0.15) is 13.8 Å². The van der Waals surface area contributed by atoms with Gasteiger partial charge >= 0.3 is 6.09 Å². The van der Waals surface area contributed by atoms with Gasteiger partial charge in [-0.05, 0) is 11.5 Å². The number of ether oxygens (including phenoxy) is 1. The zero-order valence-corrected chi connectivity index (χ0v) is 11.8. The zero-order chi connectivity index (χ0) is 14.4. The molecule has 2 aromatic rings. The van der Waals surface area contributed by atoms with Gasteiger partial charge in [0, 0.05) is 18.0 Å². The molecule has 0 aliphatic heterocycles. The van der Waals surface area contributed by atoms with Crippen LogP contribution in [-0.2, 0) is 4.74 Å². The summed E-state index contributed by atoms with van der Waals surface area (Å²) in [6.45, 7) is 5.11. The molecule has 106 valence electrons. The number of rotatable bonds is 5. The molecule has 2 N–H and O–H groups in total. The Balaban J connectivity index is 1.93. The molecule has 0 aliphatic carbocycles. The van der Waals surface area contributed by atoms with E-state index in [-0.39, 0.29) is 0 Å². The lowest BCUT2D eigenvalue weighted by molar-refractivity contribution is 0.161. The predicted octanol–water partition coefficient (Wildman–Crippen LogP) is 3.39. The van der Waals surface area contributed by atoms with Crippen LogP contribution in [0.15, 0.2) is 42.5 Å². The van der Waals surface area contributed by atoms with Gasteiger partial charge in [-0.25, -0.2) is 4.79 Å². The number of amides is 1. The summed E-state index contributed by atoms with van der Waals surface area (Å²) in [6, 6.07) is 14.1. The molecular weight excluding hydrogens is 252 g/mol. The smallest absolute Gasteiger partial charge is 0.411 e. The molecule has 20 heavy (non-hydrogen) atoms. The lowest BCUT2D eigenvalue weighted by Gasteiger charge is -2.11. The number of hydrogen-bond donors (Lipinski definition) is 2. The summed E-state index contributed by atoms with van der Waals surface area (Å²) in [5.41, 5.74) is 0.768. The van der Waals surface area contributed by atoms with Gasteiger partial charge in [-0.3, -0.25) is 5.32 Å². The van der Waals surface area contributed by atoms with Gasteiger partial charge in [-0.2, -0.15) is 0 Å². The molecule has 0 unspecified atom stereocenters. The lowest BCUT2D eigenvalue weighted by Crippen LogP contribution is -2.28. The van der Waals surface area contributed by atoms with Gasteiger partial charge in [0.05, 0.1) is 5.69 Å². The van der Waals surface area contributed by atoms with Gasteiger partial charge in [0.15, 0.2) is 0 Å². The van der Waals surface area contributed by atoms with Crippen molar-refractivity contribution in [2.45, 2.75) is 19.9 Å². The molecular formula is C16H20N2O2. The Hall–Kier alpha value is -2.07. The normalized spacial score (nSPS) is 10.8. The molecule has 2 rings (SSSR count). The summed E-state index contributed by atoms with van der Waals surface area (Å²) in [4.78, 5) is 11.7. The summed E-state index contributed by atoms with van der Waals surface area (Å²) in [7, 11) is 0. The number of benzene rings is 2. The molecule has 0 aromatic heterocycles. The van der Waals surface area contributed by atoms with E-state index in [4.69, 9.17) is 4.74 Å². The van der Waals surface area contributed by atoms with Crippen molar-refractivity contribution in [3.05, 3.63) is 42.5 Å².